The maximum Gasteiger partial charge on any atom is 0.323 e. The summed E-state index contributed by atoms with van der Waals surface area (Å²) in [5.41, 5.74) is 0.833. The maximum absolute atomic E-state index is 12.3. The Hall–Kier alpha value is -2.08. The Balaban J connectivity index is 2.45. The maximum atomic E-state index is 12.3. The van der Waals surface area contributed by atoms with Crippen LogP contribution in [0.2, 0.25) is 5.02 Å². The van der Waals surface area contributed by atoms with Gasteiger partial charge in [0.2, 0.25) is 11.8 Å². The Labute approximate surface area is 146 Å². The van der Waals surface area contributed by atoms with Crippen molar-refractivity contribution in [3.8, 4) is 0 Å². The van der Waals surface area contributed by atoms with Crippen molar-refractivity contribution in [1.82, 2.24) is 10.2 Å². The van der Waals surface area contributed by atoms with Crippen molar-refractivity contribution < 1.29 is 19.5 Å². The normalized spacial score (nSPS) is 10.2. The number of hydrogen-bond acceptors (Lipinski definition) is 3. The van der Waals surface area contributed by atoms with Crippen LogP contribution in [0.25, 0.3) is 0 Å². The molecule has 1 rings (SSSR count). The van der Waals surface area contributed by atoms with E-state index in [1.807, 2.05) is 0 Å². The Bertz CT molecular complexity index is 560. The smallest absolute Gasteiger partial charge is 0.323 e. The molecule has 24 heavy (non-hydrogen) atoms. The average molecular weight is 355 g/mol. The zero-order valence-corrected chi connectivity index (χ0v) is 14.5. The van der Waals surface area contributed by atoms with E-state index in [2.05, 4.69) is 5.32 Å². The van der Waals surface area contributed by atoms with E-state index in [-0.39, 0.29) is 24.9 Å². The molecule has 7 heteroatoms. The molecule has 0 bridgehead atoms. The number of carboxylic acids is 1. The van der Waals surface area contributed by atoms with E-state index in [4.69, 9.17) is 16.7 Å². The molecule has 0 aliphatic rings. The summed E-state index contributed by atoms with van der Waals surface area (Å²) in [5, 5.41) is 12.3. The van der Waals surface area contributed by atoms with Gasteiger partial charge in [0.1, 0.15) is 6.54 Å². The lowest BCUT2D eigenvalue weighted by Crippen LogP contribution is -2.35. The molecule has 0 aromatic heterocycles. The minimum Gasteiger partial charge on any atom is -0.480 e. The van der Waals surface area contributed by atoms with Crippen LogP contribution in [0.15, 0.2) is 24.3 Å². The number of benzene rings is 1. The van der Waals surface area contributed by atoms with Crippen molar-refractivity contribution in [2.75, 3.05) is 13.1 Å². The quantitative estimate of drug-likeness (QED) is 0.632. The second kappa shape index (κ2) is 10.6. The summed E-state index contributed by atoms with van der Waals surface area (Å²) in [6.07, 6.45) is 2.55. The first-order valence-electron chi connectivity index (χ1n) is 7.87. The van der Waals surface area contributed by atoms with Crippen LogP contribution in [0.3, 0.4) is 0 Å². The summed E-state index contributed by atoms with van der Waals surface area (Å²) >= 11 is 5.82. The van der Waals surface area contributed by atoms with Crippen LogP contribution in [-0.2, 0) is 20.9 Å². The van der Waals surface area contributed by atoms with Gasteiger partial charge in [0.05, 0.1) is 0 Å². The average Bonchev–Trinajstić information content (AvgIpc) is 2.51. The number of hydrogen-bond donors (Lipinski definition) is 2. The third-order valence-electron chi connectivity index (χ3n) is 3.41. The Morgan fingerprint density at radius 3 is 2.38 bits per heavy atom. The fourth-order valence-electron chi connectivity index (χ4n) is 2.21. The molecular formula is C17H23ClN2O4. The largest absolute Gasteiger partial charge is 0.480 e. The van der Waals surface area contributed by atoms with Gasteiger partial charge in [0, 0.05) is 31.5 Å². The Kier molecular flexibility index (Phi) is 8.86. The van der Waals surface area contributed by atoms with Gasteiger partial charge in [-0.3, -0.25) is 14.4 Å². The van der Waals surface area contributed by atoms with Crippen LogP contribution in [0.4, 0.5) is 0 Å². The molecule has 0 saturated heterocycles. The van der Waals surface area contributed by atoms with Crippen LogP contribution in [0, 0.1) is 0 Å². The summed E-state index contributed by atoms with van der Waals surface area (Å²) in [4.78, 5) is 35.3. The van der Waals surface area contributed by atoms with Gasteiger partial charge >= 0.3 is 5.97 Å². The second-order valence-electron chi connectivity index (χ2n) is 5.56. The summed E-state index contributed by atoms with van der Waals surface area (Å²) in [5.74, 6) is -1.29. The van der Waals surface area contributed by atoms with E-state index < -0.39 is 5.97 Å². The summed E-state index contributed by atoms with van der Waals surface area (Å²) in [6.45, 7) is 1.97. The van der Waals surface area contributed by atoms with E-state index in [0.717, 1.165) is 18.4 Å². The van der Waals surface area contributed by atoms with E-state index in [9.17, 15) is 14.4 Å². The molecule has 2 amide bonds. The van der Waals surface area contributed by atoms with E-state index in [1.54, 1.807) is 24.3 Å². The summed E-state index contributed by atoms with van der Waals surface area (Å²) in [6, 6.07) is 6.97. The van der Waals surface area contributed by atoms with E-state index >= 15 is 0 Å². The zero-order chi connectivity index (χ0) is 17.9. The van der Waals surface area contributed by atoms with Crippen molar-refractivity contribution in [3.63, 3.8) is 0 Å². The molecule has 0 fully saturated rings. The summed E-state index contributed by atoms with van der Waals surface area (Å²) in [7, 11) is 0. The molecule has 0 spiro atoms. The molecule has 2 N–H and O–H groups in total. The molecule has 0 aliphatic heterocycles. The van der Waals surface area contributed by atoms with Gasteiger partial charge in [-0.2, -0.15) is 0 Å². The molecule has 1 aromatic rings. The lowest BCUT2D eigenvalue weighted by Gasteiger charge is -2.21. The first-order valence-corrected chi connectivity index (χ1v) is 8.24. The van der Waals surface area contributed by atoms with Crippen molar-refractivity contribution in [2.24, 2.45) is 0 Å². The molecule has 0 heterocycles. The van der Waals surface area contributed by atoms with Gasteiger partial charge in [-0.1, -0.05) is 30.2 Å². The first kappa shape index (κ1) is 20.0. The number of amides is 2. The van der Waals surface area contributed by atoms with Gasteiger partial charge in [0.25, 0.3) is 0 Å². The highest BCUT2D eigenvalue weighted by Gasteiger charge is 2.16. The van der Waals surface area contributed by atoms with Gasteiger partial charge < -0.3 is 15.3 Å². The topological polar surface area (TPSA) is 86.7 Å². The molecule has 0 radical (unpaired) electrons. The molecular weight excluding hydrogens is 332 g/mol. The lowest BCUT2D eigenvalue weighted by molar-refractivity contribution is -0.145. The number of carbonyl (C=O) groups excluding carboxylic acids is 2. The monoisotopic (exact) mass is 354 g/mol. The van der Waals surface area contributed by atoms with Gasteiger partial charge in [-0.05, 0) is 30.5 Å². The molecule has 6 nitrogen and oxygen atoms in total. The van der Waals surface area contributed by atoms with Crippen molar-refractivity contribution in [1.29, 1.82) is 0 Å². The molecule has 0 saturated carbocycles. The number of rotatable bonds is 10. The number of unbranched alkanes of at least 4 members (excludes halogenated alkanes) is 2. The minimum absolute atomic E-state index is 0.0679. The van der Waals surface area contributed by atoms with Crippen LogP contribution in [0.1, 0.15) is 38.2 Å². The second-order valence-corrected chi connectivity index (χ2v) is 6.00. The fraction of sp³-hybridized carbons (Fsp3) is 0.471. The van der Waals surface area contributed by atoms with E-state index in [1.165, 1.54) is 11.8 Å². The minimum atomic E-state index is -1.04. The highest BCUT2D eigenvalue weighted by molar-refractivity contribution is 6.30. The number of halogens is 1. The highest BCUT2D eigenvalue weighted by Crippen LogP contribution is 2.13. The van der Waals surface area contributed by atoms with Gasteiger partial charge in [-0.15, -0.1) is 0 Å². The Morgan fingerprint density at radius 1 is 1.12 bits per heavy atom. The number of carboxylic acid groups (broad SMARTS) is 1. The molecule has 1 aromatic carbocycles. The standard InChI is InChI=1S/C17H23ClN2O4/c1-13(21)19-10-4-2-3-5-16(22)20(12-17(23)24)11-14-6-8-15(18)9-7-14/h6-9H,2-5,10-12H2,1H3,(H,19,21)(H,23,24). The fourth-order valence-corrected chi connectivity index (χ4v) is 2.33. The van der Waals surface area contributed by atoms with Crippen molar-refractivity contribution >= 4 is 29.4 Å². The van der Waals surface area contributed by atoms with Crippen LogP contribution in [-0.4, -0.2) is 40.9 Å². The van der Waals surface area contributed by atoms with Gasteiger partial charge in [-0.25, -0.2) is 0 Å². The zero-order valence-electron chi connectivity index (χ0n) is 13.8. The predicted molar refractivity (Wildman–Crippen MR) is 91.7 cm³/mol. The third kappa shape index (κ3) is 8.53. The molecule has 0 atom stereocenters. The first-order chi connectivity index (χ1) is 11.4. The molecule has 132 valence electrons. The van der Waals surface area contributed by atoms with Crippen LogP contribution < -0.4 is 5.32 Å². The van der Waals surface area contributed by atoms with Crippen LogP contribution in [0.5, 0.6) is 0 Å². The number of nitrogens with zero attached hydrogens (tertiary/aromatic N) is 1. The third-order valence-corrected chi connectivity index (χ3v) is 3.66. The van der Waals surface area contributed by atoms with Crippen LogP contribution >= 0.6 is 11.6 Å². The molecule has 0 aliphatic carbocycles. The number of nitrogens with one attached hydrogen (secondary N) is 1. The Morgan fingerprint density at radius 2 is 1.79 bits per heavy atom. The number of carbonyl (C=O) groups is 3. The summed E-state index contributed by atoms with van der Waals surface area (Å²) < 4.78 is 0. The van der Waals surface area contributed by atoms with E-state index in [0.29, 0.717) is 24.4 Å². The highest BCUT2D eigenvalue weighted by atomic mass is 35.5. The number of aliphatic carboxylic acids is 1. The molecule has 0 unspecified atom stereocenters. The van der Waals surface area contributed by atoms with Crippen molar-refractivity contribution in [2.45, 2.75) is 39.2 Å². The van der Waals surface area contributed by atoms with Gasteiger partial charge in [0.15, 0.2) is 0 Å². The van der Waals surface area contributed by atoms with Crippen molar-refractivity contribution in [3.05, 3.63) is 34.9 Å². The predicted octanol–water partition coefficient (Wildman–Crippen LogP) is 2.45. The SMILES string of the molecule is CC(=O)NCCCCCC(=O)N(CC(=O)O)Cc1ccc(Cl)cc1. The lowest BCUT2D eigenvalue weighted by atomic mass is 10.1.